The molecule has 118 valence electrons. The van der Waals surface area contributed by atoms with Crippen molar-refractivity contribution in [3.63, 3.8) is 0 Å². The number of benzene rings is 2. The van der Waals surface area contributed by atoms with Gasteiger partial charge in [-0.05, 0) is 24.3 Å². The van der Waals surface area contributed by atoms with Crippen LogP contribution in [0.4, 0.5) is 4.79 Å². The molecule has 8 heteroatoms. The molecule has 8 nitrogen and oxygen atoms in total. The van der Waals surface area contributed by atoms with Crippen LogP contribution in [0.2, 0.25) is 0 Å². The SMILES string of the molecule is O=C1N=c2cccc(C(=O)On3c(O)c4ccccc4c3O)c2=N1. The van der Waals surface area contributed by atoms with Crippen molar-refractivity contribution in [3.05, 3.63) is 58.7 Å². The molecule has 0 spiro atoms. The van der Waals surface area contributed by atoms with Crippen molar-refractivity contribution >= 4 is 22.8 Å². The van der Waals surface area contributed by atoms with E-state index in [9.17, 15) is 19.8 Å². The van der Waals surface area contributed by atoms with Gasteiger partial charge in [0.2, 0.25) is 11.8 Å². The molecule has 3 aromatic rings. The number of para-hydroxylation sites is 1. The van der Waals surface area contributed by atoms with Crippen LogP contribution in [0.1, 0.15) is 10.4 Å². The zero-order valence-corrected chi connectivity index (χ0v) is 12.0. The minimum atomic E-state index is -0.897. The van der Waals surface area contributed by atoms with Gasteiger partial charge in [-0.25, -0.2) is 9.59 Å². The molecule has 0 unspecified atom stereocenters. The zero-order chi connectivity index (χ0) is 16.8. The maximum absolute atomic E-state index is 12.4. The molecule has 2 N–H and O–H groups in total. The number of carbonyl (C=O) groups excluding carboxylic acids is 2. The first-order valence-corrected chi connectivity index (χ1v) is 6.91. The number of nitrogens with zero attached hydrogens (tertiary/aromatic N) is 3. The van der Waals surface area contributed by atoms with Crippen LogP contribution in [0.5, 0.6) is 11.8 Å². The fourth-order valence-corrected chi connectivity index (χ4v) is 2.54. The van der Waals surface area contributed by atoms with Crippen LogP contribution in [-0.2, 0) is 0 Å². The number of amides is 2. The van der Waals surface area contributed by atoms with Crippen molar-refractivity contribution in [1.82, 2.24) is 4.73 Å². The molecule has 0 atom stereocenters. The molecular formula is C16H9N3O5. The van der Waals surface area contributed by atoms with Gasteiger partial charge in [0.1, 0.15) is 5.36 Å². The highest BCUT2D eigenvalue weighted by atomic mass is 16.7. The maximum atomic E-state index is 12.4. The summed E-state index contributed by atoms with van der Waals surface area (Å²) in [7, 11) is 0. The average Bonchev–Trinajstić information content (AvgIpc) is 3.07. The number of aromatic nitrogens is 1. The van der Waals surface area contributed by atoms with Crippen LogP contribution in [-0.4, -0.2) is 26.9 Å². The Morgan fingerprint density at radius 2 is 1.62 bits per heavy atom. The second kappa shape index (κ2) is 4.92. The van der Waals surface area contributed by atoms with Gasteiger partial charge in [-0.3, -0.25) is 0 Å². The van der Waals surface area contributed by atoms with Gasteiger partial charge in [-0.15, -0.1) is 4.73 Å². The lowest BCUT2D eigenvalue weighted by Gasteiger charge is -2.06. The Morgan fingerprint density at radius 1 is 0.958 bits per heavy atom. The van der Waals surface area contributed by atoms with Gasteiger partial charge in [-0.1, -0.05) is 18.2 Å². The number of carbonyl (C=O) groups is 2. The molecule has 2 heterocycles. The average molecular weight is 323 g/mol. The monoisotopic (exact) mass is 323 g/mol. The van der Waals surface area contributed by atoms with E-state index >= 15 is 0 Å². The highest BCUT2D eigenvalue weighted by Gasteiger charge is 2.22. The highest BCUT2D eigenvalue weighted by Crippen LogP contribution is 2.34. The van der Waals surface area contributed by atoms with Gasteiger partial charge in [0.15, 0.2) is 0 Å². The van der Waals surface area contributed by atoms with Gasteiger partial charge < -0.3 is 15.1 Å². The fourth-order valence-electron chi connectivity index (χ4n) is 2.54. The smallest absolute Gasteiger partial charge is 0.368 e. The Bertz CT molecular complexity index is 1110. The molecule has 4 rings (SSSR count). The Kier molecular flexibility index (Phi) is 2.86. The van der Waals surface area contributed by atoms with Crippen LogP contribution in [0.15, 0.2) is 52.4 Å². The number of aromatic hydroxyl groups is 2. The third kappa shape index (κ3) is 1.93. The van der Waals surface area contributed by atoms with E-state index in [4.69, 9.17) is 4.84 Å². The van der Waals surface area contributed by atoms with E-state index in [-0.39, 0.29) is 16.3 Å². The quantitative estimate of drug-likeness (QED) is 0.720. The number of rotatable bonds is 2. The van der Waals surface area contributed by atoms with E-state index in [0.29, 0.717) is 15.5 Å². The zero-order valence-electron chi connectivity index (χ0n) is 12.0. The summed E-state index contributed by atoms with van der Waals surface area (Å²) in [5, 5.41) is 21.3. The van der Waals surface area contributed by atoms with Gasteiger partial charge in [-0.2, -0.15) is 9.98 Å². The van der Waals surface area contributed by atoms with Gasteiger partial charge in [0.25, 0.3) is 0 Å². The van der Waals surface area contributed by atoms with Crippen molar-refractivity contribution in [1.29, 1.82) is 0 Å². The summed E-state index contributed by atoms with van der Waals surface area (Å²) in [6.45, 7) is 0. The van der Waals surface area contributed by atoms with Crippen molar-refractivity contribution in [2.24, 2.45) is 9.98 Å². The van der Waals surface area contributed by atoms with Crippen molar-refractivity contribution in [2.75, 3.05) is 0 Å². The Morgan fingerprint density at radius 3 is 2.29 bits per heavy atom. The standard InChI is InChI=1S/C16H9N3O5/c20-13-8-4-1-2-5-9(8)14(21)19(13)24-15(22)10-6-3-7-11-12(10)18-16(23)17-11/h1-7,20-21H. The van der Waals surface area contributed by atoms with E-state index in [2.05, 4.69) is 9.98 Å². The summed E-state index contributed by atoms with van der Waals surface area (Å²) >= 11 is 0. The van der Waals surface area contributed by atoms with E-state index in [1.54, 1.807) is 30.3 Å². The minimum Gasteiger partial charge on any atom is -0.492 e. The second-order valence-electron chi connectivity index (χ2n) is 5.05. The fraction of sp³-hybridized carbons (Fsp3) is 0. The van der Waals surface area contributed by atoms with E-state index in [0.717, 1.165) is 0 Å². The second-order valence-corrected chi connectivity index (χ2v) is 5.05. The van der Waals surface area contributed by atoms with Crippen LogP contribution in [0.25, 0.3) is 10.8 Å². The molecule has 0 saturated heterocycles. The maximum Gasteiger partial charge on any atom is 0.368 e. The summed E-state index contributed by atoms with van der Waals surface area (Å²) in [4.78, 5) is 36.1. The van der Waals surface area contributed by atoms with Crippen molar-refractivity contribution in [3.8, 4) is 11.8 Å². The van der Waals surface area contributed by atoms with Gasteiger partial charge in [0.05, 0.1) is 21.7 Å². The first-order valence-electron chi connectivity index (χ1n) is 6.91. The summed E-state index contributed by atoms with van der Waals surface area (Å²) in [5.74, 6) is -1.73. The Balaban J connectivity index is 1.80. The lowest BCUT2D eigenvalue weighted by molar-refractivity contribution is 0.0384. The minimum absolute atomic E-state index is 0.00124. The number of hydrogen-bond donors (Lipinski definition) is 2. The Hall–Kier alpha value is -3.68. The molecule has 1 aromatic heterocycles. The summed E-state index contributed by atoms with van der Waals surface area (Å²) in [5.41, 5.74) is -0.00124. The first-order chi connectivity index (χ1) is 11.6. The molecule has 1 aliphatic heterocycles. The number of hydrogen-bond acceptors (Lipinski definition) is 5. The lowest BCUT2D eigenvalue weighted by atomic mass is 10.2. The molecule has 0 saturated carbocycles. The predicted octanol–water partition coefficient (Wildman–Crippen LogP) is 0.694. The predicted molar refractivity (Wildman–Crippen MR) is 80.3 cm³/mol. The summed E-state index contributed by atoms with van der Waals surface area (Å²) in [6.07, 6.45) is 0. The number of urea groups is 1. The third-order valence-electron chi connectivity index (χ3n) is 3.63. The highest BCUT2D eigenvalue weighted by molar-refractivity contribution is 5.94. The molecule has 24 heavy (non-hydrogen) atoms. The Labute approximate surface area is 133 Å². The van der Waals surface area contributed by atoms with E-state index in [1.807, 2.05) is 0 Å². The van der Waals surface area contributed by atoms with Crippen molar-refractivity contribution in [2.45, 2.75) is 0 Å². The molecular weight excluding hydrogens is 314 g/mol. The molecule has 0 bridgehead atoms. The van der Waals surface area contributed by atoms with Crippen LogP contribution < -0.4 is 15.6 Å². The van der Waals surface area contributed by atoms with Gasteiger partial charge in [0, 0.05) is 0 Å². The molecule has 2 amide bonds. The van der Waals surface area contributed by atoms with Crippen molar-refractivity contribution < 1.29 is 24.6 Å². The lowest BCUT2D eigenvalue weighted by Crippen LogP contribution is -2.32. The molecule has 0 aliphatic carbocycles. The van der Waals surface area contributed by atoms with E-state index < -0.39 is 23.8 Å². The topological polar surface area (TPSA) is 113 Å². The molecule has 2 aromatic carbocycles. The van der Waals surface area contributed by atoms with Crippen LogP contribution >= 0.6 is 0 Å². The normalized spacial score (nSPS) is 12.6. The number of fused-ring (bicyclic) bond motifs is 2. The molecule has 1 aliphatic rings. The van der Waals surface area contributed by atoms with Crippen LogP contribution in [0.3, 0.4) is 0 Å². The first kappa shape index (κ1) is 13.9. The van der Waals surface area contributed by atoms with E-state index in [1.165, 1.54) is 12.1 Å². The summed E-state index contributed by atoms with van der Waals surface area (Å²) in [6, 6.07) is 10.3. The largest absolute Gasteiger partial charge is 0.492 e. The third-order valence-corrected chi connectivity index (χ3v) is 3.63. The molecule has 0 fully saturated rings. The summed E-state index contributed by atoms with van der Waals surface area (Å²) < 4.78 is 0.625. The van der Waals surface area contributed by atoms with Crippen LogP contribution in [0, 0.1) is 0 Å². The van der Waals surface area contributed by atoms with Gasteiger partial charge >= 0.3 is 12.0 Å². The molecule has 0 radical (unpaired) electrons.